The lowest BCUT2D eigenvalue weighted by Crippen LogP contribution is -2.04. The summed E-state index contributed by atoms with van der Waals surface area (Å²) in [6.07, 6.45) is 1.13. The fraction of sp³-hybridized carbons (Fsp3) is 0.111. The van der Waals surface area contributed by atoms with Gasteiger partial charge >= 0.3 is 5.97 Å². The van der Waals surface area contributed by atoms with Gasteiger partial charge in [-0.25, -0.2) is 14.2 Å². The summed E-state index contributed by atoms with van der Waals surface area (Å²) in [5.41, 5.74) is 0.848. The second-order valence-corrected chi connectivity index (χ2v) is 4.21. The van der Waals surface area contributed by atoms with Gasteiger partial charge in [-0.15, -0.1) is 0 Å². The van der Waals surface area contributed by atoms with Gasteiger partial charge in [0.2, 0.25) is 0 Å². The van der Waals surface area contributed by atoms with Crippen molar-refractivity contribution >= 4 is 34.2 Å². The minimum atomic E-state index is -1.11. The van der Waals surface area contributed by atoms with E-state index in [0.29, 0.717) is 14.9 Å². The van der Waals surface area contributed by atoms with Gasteiger partial charge in [-0.05, 0) is 35.6 Å². The molecule has 0 fully saturated rings. The zero-order valence-corrected chi connectivity index (χ0v) is 9.82. The molecule has 2 aromatic heterocycles. The number of hydrogen-bond acceptors (Lipinski definition) is 2. The van der Waals surface area contributed by atoms with Crippen LogP contribution in [0.3, 0.4) is 0 Å². The van der Waals surface area contributed by atoms with Gasteiger partial charge in [0.05, 0.1) is 9.26 Å². The van der Waals surface area contributed by atoms with E-state index in [1.54, 1.807) is 6.92 Å². The van der Waals surface area contributed by atoms with Crippen molar-refractivity contribution in [3.05, 3.63) is 33.0 Å². The predicted octanol–water partition coefficient (Wildman–Crippen LogP) is 2.08. The molecule has 0 atom stereocenters. The zero-order chi connectivity index (χ0) is 11.2. The minimum absolute atomic E-state index is 0.00224. The molecule has 0 unspecified atom stereocenters. The van der Waals surface area contributed by atoms with Crippen LogP contribution < -0.4 is 0 Å². The summed E-state index contributed by atoms with van der Waals surface area (Å²) in [6.45, 7) is 1.59. The molecule has 0 spiro atoms. The van der Waals surface area contributed by atoms with Crippen LogP contribution in [0.5, 0.6) is 0 Å². The molecular formula is C9H6FIN2O2. The molecule has 0 aliphatic heterocycles. The Morgan fingerprint density at radius 1 is 1.67 bits per heavy atom. The summed E-state index contributed by atoms with van der Waals surface area (Å²) in [6, 6.07) is 1.31. The molecule has 0 aliphatic rings. The van der Waals surface area contributed by atoms with Crippen molar-refractivity contribution in [1.29, 1.82) is 0 Å². The smallest absolute Gasteiger partial charge is 0.354 e. The van der Waals surface area contributed by atoms with E-state index in [-0.39, 0.29) is 5.69 Å². The van der Waals surface area contributed by atoms with Gasteiger partial charge in [-0.3, -0.25) is 4.40 Å². The third-order valence-electron chi connectivity index (χ3n) is 2.02. The van der Waals surface area contributed by atoms with E-state index in [1.807, 2.05) is 22.6 Å². The number of nitrogens with zero attached hydrogens (tertiary/aromatic N) is 2. The number of carboxylic acids is 1. The number of aromatic nitrogens is 2. The van der Waals surface area contributed by atoms with Gasteiger partial charge in [0.1, 0.15) is 5.82 Å². The number of pyridine rings is 1. The van der Waals surface area contributed by atoms with Crippen LogP contribution in [0, 0.1) is 16.3 Å². The number of carboxylic acid groups (broad SMARTS) is 1. The Morgan fingerprint density at radius 2 is 2.33 bits per heavy atom. The monoisotopic (exact) mass is 320 g/mol. The standard InChI is InChI=1S/C9H6FIN2O2/c1-4-7(9(14)15)13-3-5(10)2-6(11)8(13)12-4/h2-3H,1H3,(H,14,15). The van der Waals surface area contributed by atoms with Crippen molar-refractivity contribution < 1.29 is 14.3 Å². The molecule has 6 heteroatoms. The van der Waals surface area contributed by atoms with Crippen LogP contribution in [0.1, 0.15) is 16.2 Å². The van der Waals surface area contributed by atoms with Crippen LogP contribution in [0.15, 0.2) is 12.3 Å². The third kappa shape index (κ3) is 1.58. The molecule has 0 bridgehead atoms. The topological polar surface area (TPSA) is 54.6 Å². The highest BCUT2D eigenvalue weighted by atomic mass is 127. The number of hydrogen-bond donors (Lipinski definition) is 1. The third-order valence-corrected chi connectivity index (χ3v) is 2.81. The minimum Gasteiger partial charge on any atom is -0.477 e. The highest BCUT2D eigenvalue weighted by molar-refractivity contribution is 14.1. The highest BCUT2D eigenvalue weighted by Gasteiger charge is 2.17. The lowest BCUT2D eigenvalue weighted by Gasteiger charge is -1.99. The van der Waals surface area contributed by atoms with Crippen molar-refractivity contribution in [3.8, 4) is 0 Å². The number of aryl methyl sites for hydroxylation is 1. The average Bonchev–Trinajstić information content (AvgIpc) is 2.41. The first-order valence-corrected chi connectivity index (χ1v) is 5.15. The van der Waals surface area contributed by atoms with Crippen LogP contribution in [0.4, 0.5) is 4.39 Å². The molecule has 1 N–H and O–H groups in total. The molecule has 2 heterocycles. The van der Waals surface area contributed by atoms with E-state index in [1.165, 1.54) is 10.5 Å². The molecule has 4 nitrogen and oxygen atoms in total. The van der Waals surface area contributed by atoms with Gasteiger partial charge in [-0.1, -0.05) is 0 Å². The van der Waals surface area contributed by atoms with Crippen LogP contribution in [-0.2, 0) is 0 Å². The quantitative estimate of drug-likeness (QED) is 0.819. The summed E-state index contributed by atoms with van der Waals surface area (Å²) in [5.74, 6) is -1.59. The maximum absolute atomic E-state index is 13.1. The lowest BCUT2D eigenvalue weighted by molar-refractivity contribution is 0.0688. The molecule has 2 rings (SSSR count). The van der Waals surface area contributed by atoms with E-state index in [4.69, 9.17) is 5.11 Å². The molecule has 0 saturated heterocycles. The van der Waals surface area contributed by atoms with Gasteiger partial charge < -0.3 is 5.11 Å². The Labute approximate surface area is 97.9 Å². The number of imidazole rings is 1. The van der Waals surface area contributed by atoms with Gasteiger partial charge in [0.15, 0.2) is 11.3 Å². The normalized spacial score (nSPS) is 10.9. The van der Waals surface area contributed by atoms with E-state index < -0.39 is 11.8 Å². The zero-order valence-electron chi connectivity index (χ0n) is 7.66. The average molecular weight is 320 g/mol. The first-order chi connectivity index (χ1) is 7.00. The maximum Gasteiger partial charge on any atom is 0.354 e. The van der Waals surface area contributed by atoms with E-state index >= 15 is 0 Å². The maximum atomic E-state index is 13.1. The predicted molar refractivity (Wildman–Crippen MR) is 59.6 cm³/mol. The first-order valence-electron chi connectivity index (χ1n) is 4.07. The molecule has 0 amide bonds. The molecule has 0 saturated carbocycles. The Bertz CT molecular complexity index is 565. The van der Waals surface area contributed by atoms with Crippen molar-refractivity contribution in [2.45, 2.75) is 6.92 Å². The summed E-state index contributed by atoms with van der Waals surface area (Å²) in [4.78, 5) is 15.0. The molecule has 15 heavy (non-hydrogen) atoms. The fourth-order valence-corrected chi connectivity index (χ4v) is 2.12. The molecular weight excluding hydrogens is 314 g/mol. The lowest BCUT2D eigenvalue weighted by atomic mass is 10.3. The molecule has 0 radical (unpaired) electrons. The summed E-state index contributed by atoms with van der Waals surface area (Å²) >= 11 is 1.92. The molecule has 78 valence electrons. The summed E-state index contributed by atoms with van der Waals surface area (Å²) < 4.78 is 14.9. The van der Waals surface area contributed by atoms with Gasteiger partial charge in [0, 0.05) is 6.20 Å². The molecule has 0 aromatic carbocycles. The highest BCUT2D eigenvalue weighted by Crippen LogP contribution is 2.18. The number of fused-ring (bicyclic) bond motifs is 1. The Balaban J connectivity index is 2.93. The second kappa shape index (κ2) is 3.44. The Kier molecular flexibility index (Phi) is 2.37. The van der Waals surface area contributed by atoms with Crippen LogP contribution in [0.2, 0.25) is 0 Å². The number of rotatable bonds is 1. The number of halogens is 2. The Morgan fingerprint density at radius 3 is 2.93 bits per heavy atom. The van der Waals surface area contributed by atoms with E-state index in [2.05, 4.69) is 4.98 Å². The summed E-state index contributed by atoms with van der Waals surface area (Å²) in [5, 5.41) is 8.95. The van der Waals surface area contributed by atoms with Crippen molar-refractivity contribution in [1.82, 2.24) is 9.38 Å². The van der Waals surface area contributed by atoms with Crippen molar-refractivity contribution in [2.75, 3.05) is 0 Å². The van der Waals surface area contributed by atoms with Gasteiger partial charge in [-0.2, -0.15) is 0 Å². The number of aromatic carboxylic acids is 1. The van der Waals surface area contributed by atoms with Crippen molar-refractivity contribution in [2.24, 2.45) is 0 Å². The van der Waals surface area contributed by atoms with Crippen LogP contribution >= 0.6 is 22.6 Å². The van der Waals surface area contributed by atoms with Crippen LogP contribution in [-0.4, -0.2) is 20.5 Å². The van der Waals surface area contributed by atoms with Crippen molar-refractivity contribution in [3.63, 3.8) is 0 Å². The van der Waals surface area contributed by atoms with Gasteiger partial charge in [0.25, 0.3) is 0 Å². The largest absolute Gasteiger partial charge is 0.477 e. The number of carbonyl (C=O) groups is 1. The summed E-state index contributed by atoms with van der Waals surface area (Å²) in [7, 11) is 0. The second-order valence-electron chi connectivity index (χ2n) is 3.05. The SMILES string of the molecule is Cc1nc2c(I)cc(F)cn2c1C(=O)O. The first kappa shape index (κ1) is 10.3. The molecule has 0 aliphatic carbocycles. The van der Waals surface area contributed by atoms with E-state index in [0.717, 1.165) is 6.20 Å². The molecule has 2 aromatic rings. The van der Waals surface area contributed by atoms with Crippen LogP contribution in [0.25, 0.3) is 5.65 Å². The fourth-order valence-electron chi connectivity index (χ4n) is 1.44. The Hall–Kier alpha value is -1.18. The van der Waals surface area contributed by atoms with E-state index in [9.17, 15) is 9.18 Å².